The van der Waals surface area contributed by atoms with Crippen molar-refractivity contribution in [2.45, 2.75) is 58.5 Å². The summed E-state index contributed by atoms with van der Waals surface area (Å²) in [7, 11) is 0. The van der Waals surface area contributed by atoms with E-state index in [0.717, 1.165) is 17.4 Å². The molecule has 7 nitrogen and oxygen atoms in total. The third kappa shape index (κ3) is 2.95. The van der Waals surface area contributed by atoms with Gasteiger partial charge in [-0.25, -0.2) is 4.68 Å². The Labute approximate surface area is 142 Å². The highest BCUT2D eigenvalue weighted by Crippen LogP contribution is 2.42. The largest absolute Gasteiger partial charge is 0.368 e. The van der Waals surface area contributed by atoms with Crippen LogP contribution >= 0.6 is 0 Å². The molecule has 2 heterocycles. The van der Waals surface area contributed by atoms with E-state index in [1.807, 2.05) is 13.1 Å². The number of nitrogen functional groups attached to an aromatic ring is 1. The van der Waals surface area contributed by atoms with Crippen LogP contribution in [0.2, 0.25) is 0 Å². The fraction of sp³-hybridized carbons (Fsp3) is 0.647. The van der Waals surface area contributed by atoms with Gasteiger partial charge in [-0.05, 0) is 63.9 Å². The monoisotopic (exact) mass is 327 g/mol. The average molecular weight is 327 g/mol. The lowest BCUT2D eigenvalue weighted by Gasteiger charge is -2.35. The third-order valence-electron chi connectivity index (χ3n) is 5.26. The first-order valence-electron chi connectivity index (χ1n) is 8.84. The van der Waals surface area contributed by atoms with Gasteiger partial charge >= 0.3 is 0 Å². The van der Waals surface area contributed by atoms with Crippen molar-refractivity contribution in [2.75, 3.05) is 10.6 Å². The van der Waals surface area contributed by atoms with Crippen LogP contribution in [0.1, 0.15) is 45.1 Å². The Morgan fingerprint density at radius 3 is 2.21 bits per heavy atom. The van der Waals surface area contributed by atoms with Crippen LogP contribution in [0.5, 0.6) is 0 Å². The molecule has 7 heteroatoms. The highest BCUT2D eigenvalue weighted by atomic mass is 15.4. The summed E-state index contributed by atoms with van der Waals surface area (Å²) in [6.45, 7) is 6.56. The number of aryl methyl sites for hydroxylation is 1. The highest BCUT2D eigenvalue weighted by Gasteiger charge is 2.40. The molecule has 2 N–H and O–H groups in total. The van der Waals surface area contributed by atoms with E-state index in [2.05, 4.69) is 33.8 Å². The van der Waals surface area contributed by atoms with E-state index in [1.165, 1.54) is 25.7 Å². The quantitative estimate of drug-likeness (QED) is 0.876. The maximum Gasteiger partial charge on any atom is 0.257 e. The Morgan fingerprint density at radius 1 is 1.08 bits per heavy atom. The third-order valence-corrected chi connectivity index (χ3v) is 5.26. The predicted molar refractivity (Wildman–Crippen MR) is 92.9 cm³/mol. The summed E-state index contributed by atoms with van der Waals surface area (Å²) < 4.78 is 1.67. The lowest BCUT2D eigenvalue weighted by molar-refractivity contribution is 0.466. The van der Waals surface area contributed by atoms with Gasteiger partial charge in [-0.15, -0.1) is 0 Å². The summed E-state index contributed by atoms with van der Waals surface area (Å²) in [5.74, 6) is 2.89. The minimum absolute atomic E-state index is 0.249. The number of hydrogen-bond acceptors (Lipinski definition) is 6. The normalized spacial score (nSPS) is 20.0. The van der Waals surface area contributed by atoms with Crippen LogP contribution in [0.25, 0.3) is 5.95 Å². The van der Waals surface area contributed by atoms with Crippen molar-refractivity contribution in [1.29, 1.82) is 0 Å². The molecule has 24 heavy (non-hydrogen) atoms. The van der Waals surface area contributed by atoms with Crippen molar-refractivity contribution in [1.82, 2.24) is 24.7 Å². The Kier molecular flexibility index (Phi) is 3.66. The molecule has 0 bridgehead atoms. The fourth-order valence-corrected chi connectivity index (χ4v) is 3.46. The van der Waals surface area contributed by atoms with Crippen molar-refractivity contribution in [3.8, 4) is 5.95 Å². The van der Waals surface area contributed by atoms with Gasteiger partial charge in [0.2, 0.25) is 11.9 Å². The van der Waals surface area contributed by atoms with Crippen LogP contribution in [-0.2, 0) is 0 Å². The first kappa shape index (κ1) is 15.4. The molecule has 0 spiro atoms. The van der Waals surface area contributed by atoms with Crippen LogP contribution < -0.4 is 10.6 Å². The molecule has 0 amide bonds. The second kappa shape index (κ2) is 5.72. The van der Waals surface area contributed by atoms with E-state index < -0.39 is 0 Å². The summed E-state index contributed by atoms with van der Waals surface area (Å²) in [6.07, 6.45) is 8.86. The van der Waals surface area contributed by atoms with E-state index in [-0.39, 0.29) is 5.95 Å². The molecular weight excluding hydrogens is 302 g/mol. The maximum absolute atomic E-state index is 6.00. The second-order valence-electron chi connectivity index (χ2n) is 7.32. The summed E-state index contributed by atoms with van der Waals surface area (Å²) in [5, 5.41) is 4.30. The minimum atomic E-state index is 0.249. The molecule has 2 aromatic rings. The molecule has 4 rings (SSSR count). The number of anilines is 2. The van der Waals surface area contributed by atoms with Gasteiger partial charge in [0.05, 0.1) is 6.20 Å². The fourth-order valence-electron chi connectivity index (χ4n) is 3.46. The van der Waals surface area contributed by atoms with E-state index in [9.17, 15) is 0 Å². The van der Waals surface area contributed by atoms with Gasteiger partial charge in [0.1, 0.15) is 0 Å². The van der Waals surface area contributed by atoms with Crippen molar-refractivity contribution in [2.24, 2.45) is 11.8 Å². The smallest absolute Gasteiger partial charge is 0.257 e. The van der Waals surface area contributed by atoms with Gasteiger partial charge < -0.3 is 10.6 Å². The molecule has 2 atom stereocenters. The molecule has 0 radical (unpaired) electrons. The number of nitrogens with zero attached hydrogens (tertiary/aromatic N) is 6. The molecule has 0 unspecified atom stereocenters. The Bertz CT molecular complexity index is 714. The molecule has 2 aromatic heterocycles. The SMILES string of the molecule is Cc1cnn(-c2nc(N)nc(N([C@H](C)C3CC3)[C@H](C)C3CC3)n2)c1. The van der Waals surface area contributed by atoms with E-state index in [0.29, 0.717) is 24.0 Å². The van der Waals surface area contributed by atoms with Gasteiger partial charge in [0.15, 0.2) is 0 Å². The summed E-state index contributed by atoms with van der Waals surface area (Å²) in [4.78, 5) is 15.8. The predicted octanol–water partition coefficient (Wildman–Crippen LogP) is 2.35. The Balaban J connectivity index is 1.72. The number of rotatable bonds is 6. The zero-order valence-corrected chi connectivity index (χ0v) is 14.6. The first-order valence-corrected chi connectivity index (χ1v) is 8.84. The molecule has 2 aliphatic rings. The summed E-state index contributed by atoms with van der Waals surface area (Å²) in [5.41, 5.74) is 7.06. The second-order valence-corrected chi connectivity index (χ2v) is 7.32. The first-order chi connectivity index (χ1) is 11.5. The zero-order chi connectivity index (χ0) is 16.8. The standard InChI is InChI=1S/C17H25N7/c1-10-8-19-23(9-10)16-20-15(18)21-17(22-16)24(11(2)13-4-5-13)12(3)14-6-7-14/h8-9,11-14H,4-7H2,1-3H3,(H2,18,20,21,22)/t11-,12-/m1/s1. The number of nitrogens with two attached hydrogens (primary N) is 1. The van der Waals surface area contributed by atoms with Crippen molar-refractivity contribution >= 4 is 11.9 Å². The lowest BCUT2D eigenvalue weighted by atomic mass is 10.1. The molecule has 0 aromatic carbocycles. The van der Waals surface area contributed by atoms with Crippen LogP contribution in [0.15, 0.2) is 12.4 Å². The van der Waals surface area contributed by atoms with Crippen molar-refractivity contribution < 1.29 is 0 Å². The maximum atomic E-state index is 6.00. The Morgan fingerprint density at radius 2 is 1.71 bits per heavy atom. The van der Waals surface area contributed by atoms with Crippen LogP contribution in [-0.4, -0.2) is 36.8 Å². The molecule has 2 fully saturated rings. The van der Waals surface area contributed by atoms with Crippen LogP contribution in [0.4, 0.5) is 11.9 Å². The molecule has 128 valence electrons. The zero-order valence-electron chi connectivity index (χ0n) is 14.6. The van der Waals surface area contributed by atoms with Crippen LogP contribution in [0.3, 0.4) is 0 Å². The highest BCUT2D eigenvalue weighted by molar-refractivity contribution is 5.41. The molecule has 0 aliphatic heterocycles. The van der Waals surface area contributed by atoms with E-state index in [1.54, 1.807) is 10.9 Å². The topological polar surface area (TPSA) is 85.8 Å². The molecule has 0 saturated heterocycles. The summed E-state index contributed by atoms with van der Waals surface area (Å²) >= 11 is 0. The van der Waals surface area contributed by atoms with Gasteiger partial charge in [-0.3, -0.25) is 0 Å². The van der Waals surface area contributed by atoms with E-state index >= 15 is 0 Å². The Hall–Kier alpha value is -2.18. The van der Waals surface area contributed by atoms with Crippen LogP contribution in [0, 0.1) is 18.8 Å². The lowest BCUT2D eigenvalue weighted by Crippen LogP contribution is -2.44. The van der Waals surface area contributed by atoms with Gasteiger partial charge in [-0.1, -0.05) is 0 Å². The van der Waals surface area contributed by atoms with Gasteiger partial charge in [0.25, 0.3) is 5.95 Å². The van der Waals surface area contributed by atoms with E-state index in [4.69, 9.17) is 10.7 Å². The molecule has 2 aliphatic carbocycles. The number of aromatic nitrogens is 5. The average Bonchev–Trinajstić information content (AvgIpc) is 3.45. The molecule has 2 saturated carbocycles. The molecular formula is C17H25N7. The van der Waals surface area contributed by atoms with Gasteiger partial charge in [-0.2, -0.15) is 20.1 Å². The van der Waals surface area contributed by atoms with Crippen molar-refractivity contribution in [3.05, 3.63) is 18.0 Å². The van der Waals surface area contributed by atoms with Crippen molar-refractivity contribution in [3.63, 3.8) is 0 Å². The summed E-state index contributed by atoms with van der Waals surface area (Å²) in [6, 6.07) is 0.851. The minimum Gasteiger partial charge on any atom is -0.368 e. The number of hydrogen-bond donors (Lipinski definition) is 1. The van der Waals surface area contributed by atoms with Gasteiger partial charge in [0, 0.05) is 18.3 Å².